The summed E-state index contributed by atoms with van der Waals surface area (Å²) in [5.41, 5.74) is 5.41. The molecule has 6 nitrogen and oxygen atoms in total. The number of rotatable bonds is 2. The highest BCUT2D eigenvalue weighted by Crippen LogP contribution is 2.30. The Morgan fingerprint density at radius 2 is 1.68 bits per heavy atom. The maximum absolute atomic E-state index is 12.2. The van der Waals surface area contributed by atoms with Gasteiger partial charge in [0, 0.05) is 47.2 Å². The Balaban J connectivity index is 2.10. The van der Waals surface area contributed by atoms with E-state index in [1.54, 1.807) is 18.6 Å². The first kappa shape index (κ1) is 15.1. The molecule has 4 aromatic rings. The number of nitrogens with zero attached hydrogens (tertiary/aromatic N) is 4. The van der Waals surface area contributed by atoms with Crippen molar-refractivity contribution in [2.75, 3.05) is 0 Å². The number of aromatic nitrogens is 5. The molecular weight excluding hydrogens is 314 g/mol. The van der Waals surface area contributed by atoms with Crippen LogP contribution in [0.15, 0.2) is 53.7 Å². The molecule has 0 aliphatic carbocycles. The Morgan fingerprint density at radius 1 is 0.920 bits per heavy atom. The first-order valence-electron chi connectivity index (χ1n) is 7.87. The molecule has 0 unspecified atom stereocenters. The maximum Gasteiger partial charge on any atom is 0.209 e. The van der Waals surface area contributed by atoms with E-state index in [1.165, 1.54) is 6.07 Å². The van der Waals surface area contributed by atoms with Gasteiger partial charge in [-0.15, -0.1) is 0 Å². The van der Waals surface area contributed by atoms with E-state index >= 15 is 0 Å². The van der Waals surface area contributed by atoms with Gasteiger partial charge >= 0.3 is 0 Å². The number of hydrogen-bond donors (Lipinski definition) is 1. The average Bonchev–Trinajstić information content (AvgIpc) is 2.61. The number of nitrogens with one attached hydrogen (secondary N) is 1. The Labute approximate surface area is 143 Å². The van der Waals surface area contributed by atoms with Crippen molar-refractivity contribution in [1.82, 2.24) is 24.9 Å². The molecule has 0 aliphatic heterocycles. The largest absolute Gasteiger partial charge is 0.345 e. The predicted octanol–water partition coefficient (Wildman–Crippen LogP) is 3.06. The molecule has 0 atom stereocenters. The second-order valence-electron chi connectivity index (χ2n) is 5.84. The summed E-state index contributed by atoms with van der Waals surface area (Å²) < 4.78 is 0. The number of H-pyrrole nitrogens is 1. The minimum Gasteiger partial charge on any atom is -0.345 e. The SMILES string of the molecule is Cc1cc(-c2nc3c(=O)cc[nH]c3nc2-c2cccnc2)cc(C)n1. The Kier molecular flexibility index (Phi) is 3.57. The summed E-state index contributed by atoms with van der Waals surface area (Å²) in [4.78, 5) is 33.1. The minimum absolute atomic E-state index is 0.164. The predicted molar refractivity (Wildman–Crippen MR) is 96.1 cm³/mol. The summed E-state index contributed by atoms with van der Waals surface area (Å²) in [6.45, 7) is 3.86. The monoisotopic (exact) mass is 329 g/mol. The molecule has 0 bridgehead atoms. The van der Waals surface area contributed by atoms with Crippen LogP contribution in [0.25, 0.3) is 33.7 Å². The summed E-state index contributed by atoms with van der Waals surface area (Å²) in [5.74, 6) is 0. The molecule has 0 amide bonds. The fourth-order valence-corrected chi connectivity index (χ4v) is 2.86. The summed E-state index contributed by atoms with van der Waals surface area (Å²) in [6, 6.07) is 9.11. The van der Waals surface area contributed by atoms with Gasteiger partial charge in [0.25, 0.3) is 0 Å². The maximum atomic E-state index is 12.2. The molecule has 6 heteroatoms. The van der Waals surface area contributed by atoms with E-state index in [1.807, 2.05) is 38.1 Å². The van der Waals surface area contributed by atoms with Gasteiger partial charge in [-0.2, -0.15) is 0 Å². The van der Waals surface area contributed by atoms with E-state index in [-0.39, 0.29) is 5.43 Å². The van der Waals surface area contributed by atoms with Crippen molar-refractivity contribution >= 4 is 11.2 Å². The number of hydrogen-bond acceptors (Lipinski definition) is 5. The smallest absolute Gasteiger partial charge is 0.209 e. The van der Waals surface area contributed by atoms with Crippen molar-refractivity contribution in [3.63, 3.8) is 0 Å². The lowest BCUT2D eigenvalue weighted by molar-refractivity contribution is 1.12. The molecule has 0 aromatic carbocycles. The lowest BCUT2D eigenvalue weighted by Crippen LogP contribution is -2.07. The Hall–Kier alpha value is -3.41. The molecule has 0 saturated heterocycles. The number of aromatic amines is 1. The van der Waals surface area contributed by atoms with Gasteiger partial charge < -0.3 is 4.98 Å². The fraction of sp³-hybridized carbons (Fsp3) is 0.105. The van der Waals surface area contributed by atoms with Gasteiger partial charge in [0.2, 0.25) is 5.43 Å². The van der Waals surface area contributed by atoms with Crippen LogP contribution in [0.5, 0.6) is 0 Å². The first-order chi connectivity index (χ1) is 12.1. The molecule has 1 N–H and O–H groups in total. The van der Waals surface area contributed by atoms with Gasteiger partial charge in [-0.3, -0.25) is 14.8 Å². The number of pyridine rings is 3. The Morgan fingerprint density at radius 3 is 2.40 bits per heavy atom. The van der Waals surface area contributed by atoms with Gasteiger partial charge in [-0.05, 0) is 38.1 Å². The highest BCUT2D eigenvalue weighted by Gasteiger charge is 2.15. The van der Waals surface area contributed by atoms with Crippen LogP contribution in [-0.4, -0.2) is 24.9 Å². The molecular formula is C19H15N5O. The zero-order valence-electron chi connectivity index (χ0n) is 13.8. The zero-order chi connectivity index (χ0) is 17.4. The van der Waals surface area contributed by atoms with Crippen molar-refractivity contribution in [3.8, 4) is 22.5 Å². The van der Waals surface area contributed by atoms with Crippen molar-refractivity contribution in [2.24, 2.45) is 0 Å². The third kappa shape index (κ3) is 2.78. The van der Waals surface area contributed by atoms with E-state index in [0.29, 0.717) is 22.6 Å². The van der Waals surface area contributed by atoms with Gasteiger partial charge in [0.05, 0.1) is 5.69 Å². The first-order valence-corrected chi connectivity index (χ1v) is 7.87. The highest BCUT2D eigenvalue weighted by atomic mass is 16.1. The molecule has 4 heterocycles. The second kappa shape index (κ2) is 5.90. The van der Waals surface area contributed by atoms with Gasteiger partial charge in [0.1, 0.15) is 5.69 Å². The standard InChI is InChI=1S/C19H15N5O/c1-11-8-14(9-12(2)22-11)17-16(13-4-3-6-20-10-13)24-19-18(23-17)15(25)5-7-21-19/h3-10H,1-2H3,(H,21,24,25). The minimum atomic E-state index is -0.164. The van der Waals surface area contributed by atoms with E-state index < -0.39 is 0 Å². The van der Waals surface area contributed by atoms with Crippen LogP contribution >= 0.6 is 0 Å². The van der Waals surface area contributed by atoms with Crippen molar-refractivity contribution in [2.45, 2.75) is 13.8 Å². The third-order valence-corrected chi connectivity index (χ3v) is 3.87. The molecule has 4 rings (SSSR count). The van der Waals surface area contributed by atoms with E-state index in [2.05, 4.69) is 24.9 Å². The quantitative estimate of drug-likeness (QED) is 0.611. The van der Waals surface area contributed by atoms with E-state index in [9.17, 15) is 4.79 Å². The Bertz CT molecular complexity index is 1120. The van der Waals surface area contributed by atoms with Crippen molar-refractivity contribution in [1.29, 1.82) is 0 Å². The van der Waals surface area contributed by atoms with Crippen LogP contribution in [0, 0.1) is 13.8 Å². The second-order valence-corrected chi connectivity index (χ2v) is 5.84. The molecule has 0 spiro atoms. The van der Waals surface area contributed by atoms with Crippen molar-refractivity contribution < 1.29 is 0 Å². The van der Waals surface area contributed by atoms with Crippen LogP contribution < -0.4 is 5.43 Å². The van der Waals surface area contributed by atoms with Crippen LogP contribution in [0.2, 0.25) is 0 Å². The molecule has 25 heavy (non-hydrogen) atoms. The average molecular weight is 329 g/mol. The van der Waals surface area contributed by atoms with Crippen molar-refractivity contribution in [3.05, 3.63) is 70.5 Å². The molecule has 122 valence electrons. The van der Waals surface area contributed by atoms with Gasteiger partial charge in [-0.25, -0.2) is 9.97 Å². The van der Waals surface area contributed by atoms with Crippen LogP contribution in [0.3, 0.4) is 0 Å². The number of fused-ring (bicyclic) bond motifs is 1. The normalized spacial score (nSPS) is 11.0. The summed E-state index contributed by atoms with van der Waals surface area (Å²) in [6.07, 6.45) is 5.02. The third-order valence-electron chi connectivity index (χ3n) is 3.87. The molecule has 0 aliphatic rings. The summed E-state index contributed by atoms with van der Waals surface area (Å²) in [7, 11) is 0. The fourth-order valence-electron chi connectivity index (χ4n) is 2.86. The molecule has 4 aromatic heterocycles. The van der Waals surface area contributed by atoms with E-state index in [0.717, 1.165) is 22.5 Å². The topological polar surface area (TPSA) is 84.4 Å². The lowest BCUT2D eigenvalue weighted by atomic mass is 10.0. The van der Waals surface area contributed by atoms with Gasteiger partial charge in [0.15, 0.2) is 11.2 Å². The zero-order valence-corrected chi connectivity index (χ0v) is 13.8. The van der Waals surface area contributed by atoms with Crippen LogP contribution in [0.4, 0.5) is 0 Å². The van der Waals surface area contributed by atoms with Crippen LogP contribution in [-0.2, 0) is 0 Å². The lowest BCUT2D eigenvalue weighted by Gasteiger charge is -2.11. The molecule has 0 radical (unpaired) electrons. The van der Waals surface area contributed by atoms with Crippen LogP contribution in [0.1, 0.15) is 11.4 Å². The molecule has 0 saturated carbocycles. The highest BCUT2D eigenvalue weighted by molar-refractivity contribution is 5.84. The number of aryl methyl sites for hydroxylation is 2. The van der Waals surface area contributed by atoms with E-state index in [4.69, 9.17) is 0 Å². The van der Waals surface area contributed by atoms with Gasteiger partial charge in [-0.1, -0.05) is 0 Å². The summed E-state index contributed by atoms with van der Waals surface area (Å²) in [5, 5.41) is 0. The molecule has 0 fully saturated rings. The summed E-state index contributed by atoms with van der Waals surface area (Å²) >= 11 is 0.